The molecule has 184 valence electrons. The van der Waals surface area contributed by atoms with Crippen LogP contribution < -0.4 is 10.1 Å². The van der Waals surface area contributed by atoms with E-state index in [1.807, 2.05) is 25.3 Å². The van der Waals surface area contributed by atoms with Crippen molar-refractivity contribution < 1.29 is 14.3 Å². The van der Waals surface area contributed by atoms with Crippen molar-refractivity contribution in [3.05, 3.63) is 53.0 Å². The van der Waals surface area contributed by atoms with Gasteiger partial charge in [0.2, 0.25) is 0 Å². The van der Waals surface area contributed by atoms with Crippen LogP contribution >= 0.6 is 0 Å². The molecule has 1 fully saturated rings. The Morgan fingerprint density at radius 1 is 1.17 bits per heavy atom. The van der Waals surface area contributed by atoms with Gasteiger partial charge in [-0.2, -0.15) is 5.10 Å². The van der Waals surface area contributed by atoms with Crippen molar-refractivity contribution in [2.45, 2.75) is 39.2 Å². The summed E-state index contributed by atoms with van der Waals surface area (Å²) in [6.45, 7) is 9.87. The molecule has 0 radical (unpaired) electrons. The molecule has 0 spiro atoms. The largest absolute Gasteiger partial charge is 0.497 e. The molecule has 3 aromatic rings. The second-order valence-electron chi connectivity index (χ2n) is 9.72. The van der Waals surface area contributed by atoms with Gasteiger partial charge in [0.25, 0.3) is 11.9 Å². The van der Waals surface area contributed by atoms with Gasteiger partial charge in [-0.25, -0.2) is 14.6 Å². The molecule has 2 aromatic heterocycles. The molecule has 9 nitrogen and oxygen atoms in total. The zero-order valence-corrected chi connectivity index (χ0v) is 20.8. The van der Waals surface area contributed by atoms with Crippen molar-refractivity contribution in [2.75, 3.05) is 40.0 Å². The molecule has 1 saturated heterocycles. The Bertz CT molecular complexity index is 1250. The van der Waals surface area contributed by atoms with Gasteiger partial charge in [-0.1, -0.05) is 0 Å². The summed E-state index contributed by atoms with van der Waals surface area (Å²) >= 11 is 0. The van der Waals surface area contributed by atoms with Crippen LogP contribution in [0.1, 0.15) is 41.0 Å². The van der Waals surface area contributed by atoms with Crippen LogP contribution in [0.25, 0.3) is 17.2 Å². The number of hydrogen-bond acceptors (Lipinski definition) is 7. The molecule has 0 unspecified atom stereocenters. The van der Waals surface area contributed by atoms with Crippen LogP contribution in [-0.4, -0.2) is 76.1 Å². The van der Waals surface area contributed by atoms with Crippen LogP contribution in [0.3, 0.4) is 0 Å². The number of aromatic nitrogens is 4. The van der Waals surface area contributed by atoms with Gasteiger partial charge in [0.05, 0.1) is 43.5 Å². The Hall–Kier alpha value is -3.30. The molecular formula is C26H32N6O3. The molecule has 1 aliphatic carbocycles. The summed E-state index contributed by atoms with van der Waals surface area (Å²) in [5.74, 6) is 1.15. The minimum Gasteiger partial charge on any atom is -0.497 e. The SMILES string of the molecule is COc1ccc2c(c1)CCc1cnc(-n3ncc(C(=O)NCC(C)(C)N4CCOCC4)c3C)nc1-2. The number of amides is 1. The maximum atomic E-state index is 13.0. The van der Waals surface area contributed by atoms with E-state index in [9.17, 15) is 4.79 Å². The van der Waals surface area contributed by atoms with Gasteiger partial charge in [0.15, 0.2) is 0 Å². The Morgan fingerprint density at radius 3 is 2.71 bits per heavy atom. The van der Waals surface area contributed by atoms with Crippen molar-refractivity contribution >= 4 is 5.91 Å². The number of methoxy groups -OCH3 is 1. The predicted molar refractivity (Wildman–Crippen MR) is 132 cm³/mol. The fourth-order valence-electron chi connectivity index (χ4n) is 4.83. The van der Waals surface area contributed by atoms with Crippen LogP contribution in [0.4, 0.5) is 0 Å². The number of rotatable bonds is 6. The fourth-order valence-corrected chi connectivity index (χ4v) is 4.83. The Morgan fingerprint density at radius 2 is 1.94 bits per heavy atom. The molecule has 3 heterocycles. The van der Waals surface area contributed by atoms with Crippen LogP contribution in [0.5, 0.6) is 5.75 Å². The summed E-state index contributed by atoms with van der Waals surface area (Å²) in [4.78, 5) is 24.8. The third-order valence-electron chi connectivity index (χ3n) is 7.08. The molecular weight excluding hydrogens is 444 g/mol. The molecule has 1 N–H and O–H groups in total. The van der Waals surface area contributed by atoms with E-state index in [2.05, 4.69) is 40.2 Å². The zero-order chi connectivity index (χ0) is 24.6. The monoisotopic (exact) mass is 476 g/mol. The summed E-state index contributed by atoms with van der Waals surface area (Å²) in [6.07, 6.45) is 5.26. The molecule has 1 aliphatic heterocycles. The maximum Gasteiger partial charge on any atom is 0.254 e. The third kappa shape index (κ3) is 4.53. The normalized spacial score (nSPS) is 15.9. The smallest absolute Gasteiger partial charge is 0.254 e. The quantitative estimate of drug-likeness (QED) is 0.584. The number of ether oxygens (including phenoxy) is 2. The molecule has 2 aliphatic rings. The first-order valence-corrected chi connectivity index (χ1v) is 12.1. The standard InChI is InChI=1S/C26H32N6O3/c1-17-22(24(33)28-16-26(2,3)31-9-11-35-12-10-31)15-29-32(17)25-27-14-19-6-5-18-13-20(34-4)7-8-21(18)23(19)30-25/h7-8,13-15H,5-6,9-12,16H2,1-4H3,(H,28,33). The van der Waals surface area contributed by atoms with Crippen molar-refractivity contribution in [3.8, 4) is 23.0 Å². The number of carbonyl (C=O) groups is 1. The zero-order valence-electron chi connectivity index (χ0n) is 20.8. The summed E-state index contributed by atoms with van der Waals surface area (Å²) < 4.78 is 12.5. The number of nitrogens with one attached hydrogen (secondary N) is 1. The highest BCUT2D eigenvalue weighted by atomic mass is 16.5. The summed E-state index contributed by atoms with van der Waals surface area (Å²) in [6, 6.07) is 6.07. The number of benzene rings is 1. The molecule has 5 rings (SSSR count). The van der Waals surface area contributed by atoms with Crippen LogP contribution in [-0.2, 0) is 17.6 Å². The number of hydrogen-bond donors (Lipinski definition) is 1. The van der Waals surface area contributed by atoms with Crippen molar-refractivity contribution in [2.24, 2.45) is 0 Å². The van der Waals surface area contributed by atoms with E-state index < -0.39 is 0 Å². The average Bonchev–Trinajstić information content (AvgIpc) is 3.28. The van der Waals surface area contributed by atoms with Gasteiger partial charge in [-0.3, -0.25) is 9.69 Å². The van der Waals surface area contributed by atoms with Crippen LogP contribution in [0.15, 0.2) is 30.6 Å². The Balaban J connectivity index is 1.36. The summed E-state index contributed by atoms with van der Waals surface area (Å²) in [5, 5.41) is 7.55. The third-order valence-corrected chi connectivity index (χ3v) is 7.08. The molecule has 9 heteroatoms. The van der Waals surface area contributed by atoms with E-state index in [0.29, 0.717) is 23.8 Å². The first-order chi connectivity index (χ1) is 16.9. The molecule has 0 bridgehead atoms. The van der Waals surface area contributed by atoms with E-state index in [1.54, 1.807) is 18.0 Å². The van der Waals surface area contributed by atoms with Crippen molar-refractivity contribution in [1.29, 1.82) is 0 Å². The average molecular weight is 477 g/mol. The van der Waals surface area contributed by atoms with Gasteiger partial charge in [-0.15, -0.1) is 0 Å². The van der Waals surface area contributed by atoms with E-state index >= 15 is 0 Å². The lowest BCUT2D eigenvalue weighted by molar-refractivity contribution is -0.00923. The lowest BCUT2D eigenvalue weighted by atomic mass is 9.90. The van der Waals surface area contributed by atoms with Gasteiger partial charge in [0.1, 0.15) is 5.75 Å². The molecule has 0 saturated carbocycles. The minimum atomic E-state index is -0.166. The Kier molecular flexibility index (Phi) is 6.29. The maximum absolute atomic E-state index is 13.0. The summed E-state index contributed by atoms with van der Waals surface area (Å²) in [7, 11) is 1.68. The Labute approximate surface area is 205 Å². The second-order valence-corrected chi connectivity index (χ2v) is 9.72. The highest BCUT2D eigenvalue weighted by Gasteiger charge is 2.29. The van der Waals surface area contributed by atoms with E-state index in [1.165, 1.54) is 5.56 Å². The second kappa shape index (κ2) is 9.39. The van der Waals surface area contributed by atoms with E-state index in [-0.39, 0.29) is 11.4 Å². The molecule has 1 amide bonds. The molecule has 1 aromatic carbocycles. The van der Waals surface area contributed by atoms with Gasteiger partial charge < -0.3 is 14.8 Å². The highest BCUT2D eigenvalue weighted by Crippen LogP contribution is 2.34. The minimum absolute atomic E-state index is 0.148. The van der Waals surface area contributed by atoms with Gasteiger partial charge in [0, 0.05) is 36.9 Å². The lowest BCUT2D eigenvalue weighted by Gasteiger charge is -2.40. The number of nitrogens with zero attached hydrogens (tertiary/aromatic N) is 5. The highest BCUT2D eigenvalue weighted by molar-refractivity contribution is 5.95. The van der Waals surface area contributed by atoms with Gasteiger partial charge >= 0.3 is 0 Å². The number of carbonyl (C=O) groups excluding carboxylic acids is 1. The van der Waals surface area contributed by atoms with E-state index in [0.717, 1.165) is 61.7 Å². The van der Waals surface area contributed by atoms with Crippen LogP contribution in [0, 0.1) is 6.92 Å². The topological polar surface area (TPSA) is 94.4 Å². The van der Waals surface area contributed by atoms with Gasteiger partial charge in [-0.05, 0) is 62.9 Å². The first-order valence-electron chi connectivity index (χ1n) is 12.1. The first kappa shape index (κ1) is 23.4. The summed E-state index contributed by atoms with van der Waals surface area (Å²) in [5.41, 5.74) is 5.38. The molecule has 35 heavy (non-hydrogen) atoms. The lowest BCUT2D eigenvalue weighted by Crippen LogP contribution is -2.55. The van der Waals surface area contributed by atoms with Crippen molar-refractivity contribution in [3.63, 3.8) is 0 Å². The number of morpholine rings is 1. The molecule has 0 atom stereocenters. The number of fused-ring (bicyclic) bond motifs is 3. The van der Waals surface area contributed by atoms with Crippen LogP contribution in [0.2, 0.25) is 0 Å². The number of aryl methyl sites for hydroxylation is 2. The fraction of sp³-hybridized carbons (Fsp3) is 0.462. The predicted octanol–water partition coefficient (Wildman–Crippen LogP) is 2.59. The van der Waals surface area contributed by atoms with E-state index in [4.69, 9.17) is 14.5 Å². The van der Waals surface area contributed by atoms with Crippen molar-refractivity contribution in [1.82, 2.24) is 30.0 Å².